The van der Waals surface area contributed by atoms with E-state index in [2.05, 4.69) is 47.9 Å². The fourth-order valence-electron chi connectivity index (χ4n) is 6.39. The predicted molar refractivity (Wildman–Crippen MR) is 245 cm³/mol. The average molecular weight is 941 g/mol. The van der Waals surface area contributed by atoms with Gasteiger partial charge in [0, 0.05) is 0 Å². The van der Waals surface area contributed by atoms with Crippen molar-refractivity contribution in [2.75, 3.05) is 13.2 Å². The monoisotopic (exact) mass is 941 g/mol. The third-order valence-corrected chi connectivity index (χ3v) is 10.3. The van der Waals surface area contributed by atoms with Crippen LogP contribution >= 0.6 is 0 Å². The van der Waals surface area contributed by atoms with Crippen LogP contribution in [0.3, 0.4) is 0 Å². The van der Waals surface area contributed by atoms with Crippen LogP contribution in [0.15, 0.2) is 0 Å². The highest BCUT2D eigenvalue weighted by Crippen LogP contribution is 2.13. The van der Waals surface area contributed by atoms with Gasteiger partial charge in [-0.3, -0.25) is 47.9 Å². The van der Waals surface area contributed by atoms with Crippen molar-refractivity contribution in [1.82, 2.24) is 47.9 Å². The molecule has 10 atom stereocenters. The number of nitrogens with two attached hydrogens (primary N) is 1. The molecule has 0 aliphatic heterocycles. The highest BCUT2D eigenvalue weighted by atomic mass is 16.4. The van der Waals surface area contributed by atoms with Gasteiger partial charge in [0.25, 0.3) is 0 Å². The molecule has 9 amide bonds. The van der Waals surface area contributed by atoms with Crippen LogP contribution in [0, 0.1) is 29.6 Å². The van der Waals surface area contributed by atoms with Crippen molar-refractivity contribution in [3.05, 3.63) is 0 Å². The SMILES string of the molecule is CC[C@H](C)[C@H](NC(=O)[C@H](CO)NC(=O)CNC(=O)[C@H](CC(C)C)NC(=O)[C@H](CC(C)C)NC(=O)[C@H](C)N)C(=O)N[C@@H](C)C(=O)N[C@@H](CC(C)C)C(=O)N[C@@H](CC(C)C)C(=O)N[C@@H](C)C(=O)O. The number of carbonyl (C=O) groups excluding carboxylic acids is 9. The lowest BCUT2D eigenvalue weighted by molar-refractivity contribution is -0.142. The van der Waals surface area contributed by atoms with Crippen LogP contribution in [0.25, 0.3) is 0 Å². The summed E-state index contributed by atoms with van der Waals surface area (Å²) in [6, 6.07) is -10.5. The number of carbonyl (C=O) groups is 10. The number of amides is 9. The number of carboxylic acids is 1. The number of aliphatic hydroxyl groups excluding tert-OH is 1. The first-order valence-corrected chi connectivity index (χ1v) is 22.8. The smallest absolute Gasteiger partial charge is 0.325 e. The Hall–Kier alpha value is -5.38. The van der Waals surface area contributed by atoms with Gasteiger partial charge >= 0.3 is 5.97 Å². The zero-order valence-electron chi connectivity index (χ0n) is 41.1. The Balaban J connectivity index is 5.87. The van der Waals surface area contributed by atoms with E-state index in [-0.39, 0.29) is 49.4 Å². The first-order valence-electron chi connectivity index (χ1n) is 22.8. The minimum Gasteiger partial charge on any atom is -0.480 e. The molecular weight excluding hydrogens is 861 g/mol. The molecule has 0 saturated heterocycles. The molecule has 0 aliphatic carbocycles. The molecule has 0 heterocycles. The van der Waals surface area contributed by atoms with Crippen LogP contribution in [-0.4, -0.2) is 137 Å². The topological polar surface area (TPSA) is 345 Å². The minimum absolute atomic E-state index is 0.00324. The molecule has 0 saturated carbocycles. The second-order valence-corrected chi connectivity index (χ2v) is 18.7. The van der Waals surface area contributed by atoms with Crippen LogP contribution in [0.5, 0.6) is 0 Å². The van der Waals surface area contributed by atoms with Gasteiger partial charge < -0.3 is 63.8 Å². The summed E-state index contributed by atoms with van der Waals surface area (Å²) in [6.45, 7) is 20.6. The summed E-state index contributed by atoms with van der Waals surface area (Å²) in [7, 11) is 0. The number of aliphatic carboxylic acids is 1. The summed E-state index contributed by atoms with van der Waals surface area (Å²) in [4.78, 5) is 130. The van der Waals surface area contributed by atoms with Gasteiger partial charge in [-0.05, 0) is 76.0 Å². The Morgan fingerprint density at radius 3 is 1.18 bits per heavy atom. The van der Waals surface area contributed by atoms with Crippen LogP contribution < -0.4 is 53.6 Å². The summed E-state index contributed by atoms with van der Waals surface area (Å²) in [5.41, 5.74) is 5.67. The number of carboxylic acid groups (broad SMARTS) is 1. The molecule has 0 radical (unpaired) electrons. The van der Waals surface area contributed by atoms with E-state index in [1.165, 1.54) is 20.8 Å². The molecule has 0 rings (SSSR count). The maximum absolute atomic E-state index is 13.6. The normalized spacial score (nSPS) is 15.9. The average Bonchev–Trinajstić information content (AvgIpc) is 3.21. The van der Waals surface area contributed by atoms with Crippen molar-refractivity contribution in [1.29, 1.82) is 0 Å². The first-order chi connectivity index (χ1) is 30.5. The molecule has 0 unspecified atom stereocenters. The third-order valence-electron chi connectivity index (χ3n) is 10.3. The second-order valence-electron chi connectivity index (χ2n) is 18.7. The number of hydrogen-bond donors (Lipinski definition) is 12. The highest BCUT2D eigenvalue weighted by molar-refractivity contribution is 5.98. The number of rotatable bonds is 30. The van der Waals surface area contributed by atoms with Gasteiger partial charge in [-0.15, -0.1) is 0 Å². The molecule has 66 heavy (non-hydrogen) atoms. The molecule has 22 nitrogen and oxygen atoms in total. The summed E-state index contributed by atoms with van der Waals surface area (Å²) in [5, 5.41) is 42.0. The van der Waals surface area contributed by atoms with E-state index in [1.54, 1.807) is 13.8 Å². The summed E-state index contributed by atoms with van der Waals surface area (Å²) >= 11 is 0. The number of hydrogen-bond acceptors (Lipinski definition) is 12. The van der Waals surface area contributed by atoms with E-state index >= 15 is 0 Å². The maximum Gasteiger partial charge on any atom is 0.325 e. The number of nitrogens with one attached hydrogen (secondary N) is 9. The first kappa shape index (κ1) is 60.6. The van der Waals surface area contributed by atoms with E-state index in [0.717, 1.165) is 0 Å². The fraction of sp³-hybridized carbons (Fsp3) is 0.773. The summed E-state index contributed by atoms with van der Waals surface area (Å²) in [5.74, 6) is -8.69. The second kappa shape index (κ2) is 30.0. The summed E-state index contributed by atoms with van der Waals surface area (Å²) < 4.78 is 0. The van der Waals surface area contributed by atoms with Gasteiger partial charge in [0.15, 0.2) is 0 Å². The molecule has 22 heteroatoms. The largest absolute Gasteiger partial charge is 0.480 e. The number of aliphatic hydroxyl groups is 1. The zero-order chi connectivity index (χ0) is 51.2. The van der Waals surface area contributed by atoms with E-state index in [4.69, 9.17) is 5.73 Å². The minimum atomic E-state index is -1.57. The molecule has 0 fully saturated rings. The van der Waals surface area contributed by atoms with Crippen LogP contribution in [-0.2, 0) is 47.9 Å². The Labute approximate surface area is 389 Å². The fourth-order valence-corrected chi connectivity index (χ4v) is 6.39. The van der Waals surface area contributed by atoms with Gasteiger partial charge in [0.2, 0.25) is 53.2 Å². The van der Waals surface area contributed by atoms with Crippen molar-refractivity contribution in [2.45, 2.75) is 176 Å². The Kier molecular flexibility index (Phi) is 27.6. The maximum atomic E-state index is 13.6. The molecule has 0 aromatic heterocycles. The van der Waals surface area contributed by atoms with Gasteiger partial charge in [0.1, 0.15) is 48.3 Å². The molecule has 378 valence electrons. The van der Waals surface area contributed by atoms with E-state index in [1.807, 2.05) is 55.4 Å². The van der Waals surface area contributed by atoms with Crippen molar-refractivity contribution in [3.8, 4) is 0 Å². The molecule has 0 aliphatic rings. The van der Waals surface area contributed by atoms with Crippen LogP contribution in [0.1, 0.15) is 122 Å². The Bertz CT molecular complexity index is 1660. The van der Waals surface area contributed by atoms with Crippen molar-refractivity contribution in [2.24, 2.45) is 35.3 Å². The molecule has 0 spiro atoms. The van der Waals surface area contributed by atoms with Gasteiger partial charge in [0.05, 0.1) is 19.2 Å². The van der Waals surface area contributed by atoms with E-state index < -0.39 is 133 Å². The zero-order valence-corrected chi connectivity index (χ0v) is 41.1. The lowest BCUT2D eigenvalue weighted by Crippen LogP contribution is -2.60. The predicted octanol–water partition coefficient (Wildman–Crippen LogP) is -1.32. The Morgan fingerprint density at radius 2 is 0.803 bits per heavy atom. The standard InChI is InChI=1S/C44H80N10O12/c1-14-25(10)35(43(64)47-27(12)37(58)51-32(18-24(8)9)41(62)53-30(16-22(4)5)39(60)48-28(13)44(65)66)54-42(63)33(20-55)49-34(56)19-46-38(59)29(15-21(2)3)52-40(61)31(17-23(6)7)50-36(57)26(11)45/h21-33,35,55H,14-20,45H2,1-13H3,(H,46,59)(H,47,64)(H,48,60)(H,49,56)(H,50,57)(H,51,58)(H,52,61)(H,53,62)(H,54,63)(H,65,66)/t25-,26-,27-,28-,29-,30-,31-,32-,33-,35-/m0/s1. The quantitative estimate of drug-likeness (QED) is 0.0398. The Morgan fingerprint density at radius 1 is 0.439 bits per heavy atom. The van der Waals surface area contributed by atoms with Crippen LogP contribution in [0.4, 0.5) is 0 Å². The molecule has 0 bridgehead atoms. The van der Waals surface area contributed by atoms with Crippen molar-refractivity contribution in [3.63, 3.8) is 0 Å². The molecule has 13 N–H and O–H groups in total. The van der Waals surface area contributed by atoms with Crippen molar-refractivity contribution < 1.29 is 58.2 Å². The van der Waals surface area contributed by atoms with E-state index in [0.29, 0.717) is 6.42 Å². The highest BCUT2D eigenvalue weighted by Gasteiger charge is 2.34. The third kappa shape index (κ3) is 23.2. The summed E-state index contributed by atoms with van der Waals surface area (Å²) in [6.07, 6.45) is 1.15. The molecule has 0 aromatic carbocycles. The lowest BCUT2D eigenvalue weighted by Gasteiger charge is -2.28. The van der Waals surface area contributed by atoms with Crippen molar-refractivity contribution >= 4 is 59.1 Å². The van der Waals surface area contributed by atoms with Gasteiger partial charge in [-0.25, -0.2) is 0 Å². The van der Waals surface area contributed by atoms with Gasteiger partial charge in [-0.1, -0.05) is 75.7 Å². The van der Waals surface area contributed by atoms with Gasteiger partial charge in [-0.2, -0.15) is 0 Å². The molecular formula is C44H80N10O12. The lowest BCUT2D eigenvalue weighted by atomic mass is 9.97. The van der Waals surface area contributed by atoms with E-state index in [9.17, 15) is 58.2 Å². The van der Waals surface area contributed by atoms with Crippen LogP contribution in [0.2, 0.25) is 0 Å². The molecule has 0 aromatic rings.